The lowest BCUT2D eigenvalue weighted by atomic mass is 10.1. The number of carbonyl (C=O) groups is 1. The lowest BCUT2D eigenvalue weighted by Gasteiger charge is -2.13. The Hall–Kier alpha value is -4.20. The van der Waals surface area contributed by atoms with Gasteiger partial charge in [0.2, 0.25) is 5.88 Å². The van der Waals surface area contributed by atoms with E-state index in [0.717, 1.165) is 16.8 Å². The van der Waals surface area contributed by atoms with E-state index in [2.05, 4.69) is 25.6 Å². The van der Waals surface area contributed by atoms with Crippen molar-refractivity contribution in [3.63, 3.8) is 0 Å². The molecule has 0 atom stereocenters. The number of benzene rings is 1. The second kappa shape index (κ2) is 12.2. The predicted molar refractivity (Wildman–Crippen MR) is 138 cm³/mol. The minimum atomic E-state index is -0.187. The number of nitrogens with zero attached hydrogens (tertiary/aromatic N) is 3. The maximum absolute atomic E-state index is 12.8. The fourth-order valence-electron chi connectivity index (χ4n) is 3.14. The molecule has 0 aliphatic carbocycles. The van der Waals surface area contributed by atoms with Gasteiger partial charge in [0, 0.05) is 51.3 Å². The van der Waals surface area contributed by atoms with Gasteiger partial charge in [0.15, 0.2) is 0 Å². The normalized spacial score (nSPS) is 11.7. The Morgan fingerprint density at radius 1 is 1.15 bits per heavy atom. The first-order valence-corrected chi connectivity index (χ1v) is 11.1. The minimum absolute atomic E-state index is 0. The third-order valence-electron chi connectivity index (χ3n) is 4.87. The molecule has 180 valence electrons. The molecule has 1 amide bonds. The van der Waals surface area contributed by atoms with Gasteiger partial charge in [0.1, 0.15) is 17.3 Å². The molecular formula is C26H33N5O3. The highest BCUT2D eigenvalue weighted by molar-refractivity contribution is 5.96. The van der Waals surface area contributed by atoms with Crippen LogP contribution in [0.3, 0.4) is 0 Å². The third-order valence-corrected chi connectivity index (χ3v) is 4.87. The van der Waals surface area contributed by atoms with Crippen molar-refractivity contribution in [2.75, 3.05) is 19.0 Å². The molecule has 1 aromatic carbocycles. The zero-order valence-electron chi connectivity index (χ0n) is 19.8. The average Bonchev–Trinajstić information content (AvgIpc) is 3.39. The number of aliphatic imine (C=N–C) groups is 1. The van der Waals surface area contributed by atoms with Gasteiger partial charge in [-0.3, -0.25) is 9.79 Å². The number of carbonyl (C=O) groups excluding carboxylic acids is 1. The first kappa shape index (κ1) is 24.4. The molecule has 3 heterocycles. The maximum atomic E-state index is 12.8. The lowest BCUT2D eigenvalue weighted by Crippen LogP contribution is -2.23. The highest BCUT2D eigenvalue weighted by Crippen LogP contribution is 2.28. The quantitative estimate of drug-likeness (QED) is 0.463. The molecule has 2 N–H and O–H groups in total. The van der Waals surface area contributed by atoms with Crippen molar-refractivity contribution in [2.45, 2.75) is 27.3 Å². The van der Waals surface area contributed by atoms with E-state index in [9.17, 15) is 4.79 Å². The van der Waals surface area contributed by atoms with E-state index in [1.54, 1.807) is 56.0 Å². The highest BCUT2D eigenvalue weighted by atomic mass is 16.5. The van der Waals surface area contributed by atoms with Gasteiger partial charge in [-0.2, -0.15) is 0 Å². The third kappa shape index (κ3) is 6.41. The van der Waals surface area contributed by atoms with Crippen molar-refractivity contribution in [3.8, 4) is 17.4 Å². The van der Waals surface area contributed by atoms with Gasteiger partial charge in [0.05, 0.1) is 19.4 Å². The summed E-state index contributed by atoms with van der Waals surface area (Å²) >= 11 is 0. The number of rotatable bonds is 8. The predicted octanol–water partition coefficient (Wildman–Crippen LogP) is 5.41. The largest absolute Gasteiger partial charge is 0.481 e. The Morgan fingerprint density at radius 2 is 2.00 bits per heavy atom. The molecule has 34 heavy (non-hydrogen) atoms. The van der Waals surface area contributed by atoms with Gasteiger partial charge < -0.3 is 20.1 Å². The van der Waals surface area contributed by atoms with Crippen LogP contribution in [0, 0.1) is 6.92 Å². The molecule has 8 nitrogen and oxygen atoms in total. The molecule has 4 rings (SSSR count). The van der Waals surface area contributed by atoms with Crippen LogP contribution in [0.5, 0.6) is 17.4 Å². The monoisotopic (exact) mass is 463 g/mol. The molecule has 8 heteroatoms. The van der Waals surface area contributed by atoms with Crippen LogP contribution in [-0.4, -0.2) is 35.7 Å². The first-order chi connectivity index (χ1) is 16.6. The summed E-state index contributed by atoms with van der Waals surface area (Å²) in [5, 5.41) is 6.11. The molecule has 0 saturated heterocycles. The van der Waals surface area contributed by atoms with Crippen LogP contribution in [-0.2, 0) is 6.54 Å². The van der Waals surface area contributed by atoms with E-state index in [1.165, 1.54) is 0 Å². The average molecular weight is 464 g/mol. The molecule has 1 aliphatic heterocycles. The summed E-state index contributed by atoms with van der Waals surface area (Å²) in [6.45, 7) is 6.89. The molecule has 2 aromatic heterocycles. The number of anilines is 1. The Balaban J connectivity index is 0.00000158. The SMILES string of the molecule is CC.COc1ccc(CNC(=O)c2cccc(Oc3ccnc(NC4=CCN=C4)c3)c2C)cn1.[HH].[HH]. The van der Waals surface area contributed by atoms with Gasteiger partial charge >= 0.3 is 0 Å². The van der Waals surface area contributed by atoms with E-state index in [1.807, 2.05) is 39.0 Å². The lowest BCUT2D eigenvalue weighted by molar-refractivity contribution is 0.0950. The minimum Gasteiger partial charge on any atom is -0.481 e. The Bertz CT molecular complexity index is 1180. The molecular weight excluding hydrogens is 430 g/mol. The number of allylic oxidation sites excluding steroid dienone is 1. The highest BCUT2D eigenvalue weighted by Gasteiger charge is 2.13. The summed E-state index contributed by atoms with van der Waals surface area (Å²) in [6, 6.07) is 12.6. The second-order valence-corrected chi connectivity index (χ2v) is 7.08. The topological polar surface area (TPSA) is 97.7 Å². The number of aromatic nitrogens is 2. The van der Waals surface area contributed by atoms with E-state index >= 15 is 0 Å². The summed E-state index contributed by atoms with van der Waals surface area (Å²) in [5.41, 5.74) is 3.07. The summed E-state index contributed by atoms with van der Waals surface area (Å²) in [4.78, 5) is 25.4. The summed E-state index contributed by atoms with van der Waals surface area (Å²) in [6.07, 6.45) is 7.08. The first-order valence-electron chi connectivity index (χ1n) is 11.1. The summed E-state index contributed by atoms with van der Waals surface area (Å²) < 4.78 is 11.1. The number of ether oxygens (including phenoxy) is 2. The Labute approximate surface area is 202 Å². The molecule has 0 saturated carbocycles. The molecule has 0 bridgehead atoms. The van der Waals surface area contributed by atoms with Crippen molar-refractivity contribution >= 4 is 17.9 Å². The number of amides is 1. The van der Waals surface area contributed by atoms with Crippen LogP contribution in [0.2, 0.25) is 0 Å². The van der Waals surface area contributed by atoms with Crippen molar-refractivity contribution in [3.05, 3.63) is 83.3 Å². The number of pyridine rings is 2. The number of hydrogen-bond acceptors (Lipinski definition) is 7. The fourth-order valence-corrected chi connectivity index (χ4v) is 3.14. The van der Waals surface area contributed by atoms with Crippen molar-refractivity contribution in [2.24, 2.45) is 4.99 Å². The zero-order chi connectivity index (χ0) is 24.3. The fraction of sp³-hybridized carbons (Fsp3) is 0.231. The summed E-state index contributed by atoms with van der Waals surface area (Å²) in [7, 11) is 1.56. The van der Waals surface area contributed by atoms with Crippen LogP contribution in [0.25, 0.3) is 0 Å². The molecule has 3 aromatic rings. The van der Waals surface area contributed by atoms with Crippen molar-refractivity contribution in [1.82, 2.24) is 15.3 Å². The van der Waals surface area contributed by atoms with Crippen molar-refractivity contribution < 1.29 is 17.1 Å². The van der Waals surface area contributed by atoms with E-state index in [4.69, 9.17) is 9.47 Å². The van der Waals surface area contributed by atoms with Gasteiger partial charge in [-0.25, -0.2) is 9.97 Å². The Kier molecular flexibility index (Phi) is 8.73. The second-order valence-electron chi connectivity index (χ2n) is 7.08. The molecule has 0 spiro atoms. The van der Waals surface area contributed by atoms with Crippen LogP contribution < -0.4 is 20.1 Å². The zero-order valence-corrected chi connectivity index (χ0v) is 19.8. The van der Waals surface area contributed by atoms with E-state index in [0.29, 0.717) is 41.8 Å². The molecule has 0 fully saturated rings. The maximum Gasteiger partial charge on any atom is 0.251 e. The van der Waals surface area contributed by atoms with Gasteiger partial charge in [0.25, 0.3) is 5.91 Å². The number of hydrogen-bond donors (Lipinski definition) is 2. The van der Waals surface area contributed by atoms with Gasteiger partial charge in [-0.05, 0) is 36.8 Å². The van der Waals surface area contributed by atoms with E-state index in [-0.39, 0.29) is 8.76 Å². The van der Waals surface area contributed by atoms with Gasteiger partial charge in [-0.1, -0.05) is 26.0 Å². The van der Waals surface area contributed by atoms with Crippen LogP contribution in [0.1, 0.15) is 38.2 Å². The summed E-state index contributed by atoms with van der Waals surface area (Å²) in [5.74, 6) is 2.21. The Morgan fingerprint density at radius 3 is 2.71 bits per heavy atom. The molecule has 0 unspecified atom stereocenters. The van der Waals surface area contributed by atoms with Crippen LogP contribution >= 0.6 is 0 Å². The molecule has 0 radical (unpaired) electrons. The number of methoxy groups -OCH3 is 1. The smallest absolute Gasteiger partial charge is 0.251 e. The van der Waals surface area contributed by atoms with Crippen molar-refractivity contribution in [1.29, 1.82) is 0 Å². The van der Waals surface area contributed by atoms with Crippen LogP contribution in [0.15, 0.2) is 71.6 Å². The van der Waals surface area contributed by atoms with Gasteiger partial charge in [-0.15, -0.1) is 0 Å². The van der Waals surface area contributed by atoms with Crippen LogP contribution in [0.4, 0.5) is 5.82 Å². The number of nitrogens with one attached hydrogen (secondary N) is 2. The molecule has 1 aliphatic rings. The van der Waals surface area contributed by atoms with E-state index < -0.39 is 0 Å². The standard InChI is InChI=1S/C24H23N5O3.C2H6.2H2/c1-16-20(24(30)28-14-17-6-7-23(31-2)27-13-17)4-3-5-21(16)32-19-9-11-26-22(12-19)29-18-8-10-25-15-18;1-2;;/h3-9,11-13,15H,10,14H2,1-2H3,(H,26,29)(H,28,30);1-2H3;2*1H.